The van der Waals surface area contributed by atoms with Crippen molar-refractivity contribution in [3.05, 3.63) is 35.9 Å². The Hall–Kier alpha value is -0.820. The monoisotopic (exact) mass is 484 g/mol. The van der Waals surface area contributed by atoms with Crippen LogP contribution in [0, 0.1) is 5.92 Å². The quantitative estimate of drug-likeness (QED) is 0.343. The zero-order valence-electron chi connectivity index (χ0n) is 17.2. The summed E-state index contributed by atoms with van der Waals surface area (Å²) < 4.78 is 0. The SMILES string of the molecule is CCC(CC)CNC(=NC)NC1CC2CCC(C1)N2Cc1ccccc1.I. The average Bonchev–Trinajstić information content (AvgIpc) is 2.90. The molecular weight excluding hydrogens is 447 g/mol. The molecule has 2 unspecified atom stereocenters. The standard InChI is InChI=1S/C22H36N4.HI/c1-4-17(5-2)15-24-22(23-3)25-19-13-20-11-12-21(14-19)26(20)16-18-9-7-6-8-10-18;/h6-10,17,19-21H,4-5,11-16H2,1-3H3,(H2,23,24,25);1H. The number of piperidine rings is 1. The maximum absolute atomic E-state index is 4.46. The van der Waals surface area contributed by atoms with Crippen LogP contribution in [-0.2, 0) is 6.54 Å². The molecule has 1 aromatic carbocycles. The van der Waals surface area contributed by atoms with Crippen LogP contribution >= 0.6 is 24.0 Å². The second kappa shape index (κ2) is 11.2. The Bertz CT molecular complexity index is 559. The van der Waals surface area contributed by atoms with Gasteiger partial charge in [0.2, 0.25) is 0 Å². The molecule has 2 bridgehead atoms. The molecule has 2 fully saturated rings. The van der Waals surface area contributed by atoms with Gasteiger partial charge in [0, 0.05) is 38.3 Å². The van der Waals surface area contributed by atoms with Crippen molar-refractivity contribution in [2.24, 2.45) is 10.9 Å². The molecule has 2 aliphatic heterocycles. The van der Waals surface area contributed by atoms with Crippen molar-refractivity contribution >= 4 is 29.9 Å². The Morgan fingerprint density at radius 3 is 2.30 bits per heavy atom. The third kappa shape index (κ3) is 6.08. The number of hydrogen-bond acceptors (Lipinski definition) is 2. The highest BCUT2D eigenvalue weighted by Crippen LogP contribution is 2.36. The van der Waals surface area contributed by atoms with Crippen molar-refractivity contribution in [3.63, 3.8) is 0 Å². The number of nitrogens with one attached hydrogen (secondary N) is 2. The third-order valence-electron chi connectivity index (χ3n) is 6.37. The van der Waals surface area contributed by atoms with Crippen molar-refractivity contribution in [2.45, 2.75) is 77.0 Å². The number of hydrogen-bond donors (Lipinski definition) is 2. The summed E-state index contributed by atoms with van der Waals surface area (Å²) in [4.78, 5) is 7.20. The molecule has 2 atom stereocenters. The first-order chi connectivity index (χ1) is 12.7. The lowest BCUT2D eigenvalue weighted by molar-refractivity contribution is 0.114. The summed E-state index contributed by atoms with van der Waals surface area (Å²) >= 11 is 0. The number of rotatable bonds is 7. The van der Waals surface area contributed by atoms with Crippen LogP contribution in [0.3, 0.4) is 0 Å². The van der Waals surface area contributed by atoms with Crippen molar-refractivity contribution in [1.82, 2.24) is 15.5 Å². The van der Waals surface area contributed by atoms with Crippen molar-refractivity contribution in [2.75, 3.05) is 13.6 Å². The van der Waals surface area contributed by atoms with Gasteiger partial charge in [0.1, 0.15) is 0 Å². The molecule has 0 saturated carbocycles. The summed E-state index contributed by atoms with van der Waals surface area (Å²) in [6.45, 7) is 6.66. The van der Waals surface area contributed by atoms with Gasteiger partial charge < -0.3 is 10.6 Å². The molecular formula is C22H37IN4. The van der Waals surface area contributed by atoms with E-state index in [4.69, 9.17) is 0 Å². The number of halogens is 1. The largest absolute Gasteiger partial charge is 0.356 e. The van der Waals surface area contributed by atoms with E-state index in [9.17, 15) is 0 Å². The smallest absolute Gasteiger partial charge is 0.191 e. The van der Waals surface area contributed by atoms with Gasteiger partial charge >= 0.3 is 0 Å². The minimum Gasteiger partial charge on any atom is -0.356 e. The zero-order valence-corrected chi connectivity index (χ0v) is 19.5. The van der Waals surface area contributed by atoms with E-state index in [0.29, 0.717) is 18.1 Å². The Labute approximate surface area is 182 Å². The lowest BCUT2D eigenvalue weighted by Gasteiger charge is -2.39. The van der Waals surface area contributed by atoms with Crippen LogP contribution in [0.4, 0.5) is 0 Å². The maximum Gasteiger partial charge on any atom is 0.191 e. The van der Waals surface area contributed by atoms with Gasteiger partial charge in [0.15, 0.2) is 5.96 Å². The summed E-state index contributed by atoms with van der Waals surface area (Å²) in [5.41, 5.74) is 1.44. The van der Waals surface area contributed by atoms with Crippen molar-refractivity contribution in [1.29, 1.82) is 0 Å². The van der Waals surface area contributed by atoms with Crippen LogP contribution in [0.15, 0.2) is 35.3 Å². The van der Waals surface area contributed by atoms with Gasteiger partial charge in [0.25, 0.3) is 0 Å². The first-order valence-corrected chi connectivity index (χ1v) is 10.5. The van der Waals surface area contributed by atoms with Gasteiger partial charge in [0.05, 0.1) is 0 Å². The van der Waals surface area contributed by atoms with Crippen LogP contribution in [0.2, 0.25) is 0 Å². The average molecular weight is 484 g/mol. The fourth-order valence-corrected chi connectivity index (χ4v) is 4.65. The highest BCUT2D eigenvalue weighted by atomic mass is 127. The van der Waals surface area contributed by atoms with E-state index in [2.05, 4.69) is 64.7 Å². The predicted octanol–water partition coefficient (Wildman–Crippen LogP) is 4.40. The Morgan fingerprint density at radius 2 is 1.74 bits per heavy atom. The molecule has 152 valence electrons. The van der Waals surface area contributed by atoms with E-state index in [0.717, 1.165) is 25.0 Å². The Morgan fingerprint density at radius 1 is 1.11 bits per heavy atom. The van der Waals surface area contributed by atoms with E-state index in [1.807, 2.05) is 7.05 Å². The number of nitrogens with zero attached hydrogens (tertiary/aromatic N) is 2. The molecule has 27 heavy (non-hydrogen) atoms. The van der Waals surface area contributed by atoms with Gasteiger partial charge in [-0.1, -0.05) is 57.0 Å². The molecule has 0 amide bonds. The number of fused-ring (bicyclic) bond motifs is 2. The summed E-state index contributed by atoms with van der Waals surface area (Å²) in [6.07, 6.45) is 7.60. The fourth-order valence-electron chi connectivity index (χ4n) is 4.65. The molecule has 0 aromatic heterocycles. The first kappa shape index (κ1) is 22.5. The number of aliphatic imine (C=N–C) groups is 1. The van der Waals surface area contributed by atoms with Crippen LogP contribution < -0.4 is 10.6 Å². The molecule has 4 nitrogen and oxygen atoms in total. The van der Waals surface area contributed by atoms with E-state index in [1.54, 1.807) is 0 Å². The molecule has 5 heteroatoms. The van der Waals surface area contributed by atoms with Crippen LogP contribution in [0.5, 0.6) is 0 Å². The summed E-state index contributed by atoms with van der Waals surface area (Å²) in [6, 6.07) is 12.9. The topological polar surface area (TPSA) is 39.7 Å². The second-order valence-corrected chi connectivity index (χ2v) is 7.99. The van der Waals surface area contributed by atoms with E-state index < -0.39 is 0 Å². The zero-order chi connectivity index (χ0) is 18.4. The molecule has 3 rings (SSSR count). The fraction of sp³-hybridized carbons (Fsp3) is 0.682. The molecule has 2 heterocycles. The van der Waals surface area contributed by atoms with Gasteiger partial charge in [-0.2, -0.15) is 0 Å². The summed E-state index contributed by atoms with van der Waals surface area (Å²) in [5.74, 6) is 1.72. The molecule has 1 aromatic rings. The summed E-state index contributed by atoms with van der Waals surface area (Å²) in [7, 11) is 1.89. The Kier molecular flexibility index (Phi) is 9.36. The van der Waals surface area contributed by atoms with Crippen LogP contribution in [-0.4, -0.2) is 42.6 Å². The highest BCUT2D eigenvalue weighted by Gasteiger charge is 2.40. The van der Waals surface area contributed by atoms with Crippen LogP contribution in [0.25, 0.3) is 0 Å². The molecule has 2 aliphatic rings. The van der Waals surface area contributed by atoms with Gasteiger partial charge in [-0.3, -0.25) is 9.89 Å². The minimum atomic E-state index is 0. The predicted molar refractivity (Wildman–Crippen MR) is 126 cm³/mol. The van der Waals surface area contributed by atoms with E-state index in [-0.39, 0.29) is 24.0 Å². The summed E-state index contributed by atoms with van der Waals surface area (Å²) in [5, 5.41) is 7.25. The molecule has 0 spiro atoms. The minimum absolute atomic E-state index is 0. The first-order valence-electron chi connectivity index (χ1n) is 10.5. The van der Waals surface area contributed by atoms with Crippen molar-refractivity contribution in [3.8, 4) is 0 Å². The lowest BCUT2D eigenvalue weighted by Crippen LogP contribution is -2.52. The van der Waals surface area contributed by atoms with Crippen molar-refractivity contribution < 1.29 is 0 Å². The molecule has 2 saturated heterocycles. The third-order valence-corrected chi connectivity index (χ3v) is 6.37. The number of benzene rings is 1. The van der Waals surface area contributed by atoms with E-state index >= 15 is 0 Å². The van der Waals surface area contributed by atoms with Gasteiger partial charge in [-0.05, 0) is 37.2 Å². The molecule has 0 radical (unpaired) electrons. The highest BCUT2D eigenvalue weighted by molar-refractivity contribution is 14.0. The normalized spacial score (nSPS) is 25.3. The van der Waals surface area contributed by atoms with Gasteiger partial charge in [-0.25, -0.2) is 0 Å². The molecule has 0 aliphatic carbocycles. The lowest BCUT2D eigenvalue weighted by atomic mass is 9.96. The van der Waals surface area contributed by atoms with Crippen LogP contribution in [0.1, 0.15) is 57.9 Å². The maximum atomic E-state index is 4.46. The Balaban J connectivity index is 0.00000261. The molecule has 2 N–H and O–H groups in total. The number of guanidine groups is 1. The van der Waals surface area contributed by atoms with E-state index in [1.165, 1.54) is 44.1 Å². The second-order valence-electron chi connectivity index (χ2n) is 7.99. The van der Waals surface area contributed by atoms with Gasteiger partial charge in [-0.15, -0.1) is 24.0 Å².